The molecule has 2 N–H and O–H groups in total. The second-order valence-corrected chi connectivity index (χ2v) is 4.22. The van der Waals surface area contributed by atoms with Crippen molar-refractivity contribution in [3.8, 4) is 0 Å². The summed E-state index contributed by atoms with van der Waals surface area (Å²) < 4.78 is 2.02. The molecule has 0 aliphatic carbocycles. The highest BCUT2D eigenvalue weighted by atomic mass is 15.0. The predicted molar refractivity (Wildman–Crippen MR) is 55.0 cm³/mol. The van der Waals surface area contributed by atoms with Gasteiger partial charge in [0, 0.05) is 36.2 Å². The van der Waals surface area contributed by atoms with Crippen molar-refractivity contribution in [2.75, 3.05) is 0 Å². The van der Waals surface area contributed by atoms with Gasteiger partial charge in [0.25, 0.3) is 0 Å². The van der Waals surface area contributed by atoms with Crippen molar-refractivity contribution in [1.82, 2.24) is 14.4 Å². The number of hydrogen-bond donors (Lipinski definition) is 1. The maximum absolute atomic E-state index is 5.96. The third kappa shape index (κ3) is 1.75. The predicted octanol–water partition coefficient (Wildman–Crippen LogP) is 1.01. The van der Waals surface area contributed by atoms with Crippen molar-refractivity contribution >= 4 is 5.65 Å². The lowest BCUT2D eigenvalue weighted by molar-refractivity contribution is 0.508. The minimum Gasteiger partial charge on any atom is -0.325 e. The molecule has 0 fully saturated rings. The fourth-order valence-electron chi connectivity index (χ4n) is 1.49. The standard InChI is InChI=1S/C10H14N4/c1-10(2,11)5-8-6-13-9-7-12-3-4-14(8)9/h3-4,6-7H,5,11H2,1-2H3. The van der Waals surface area contributed by atoms with Crippen LogP contribution in [0.3, 0.4) is 0 Å². The number of imidazole rings is 1. The molecule has 4 heteroatoms. The van der Waals surface area contributed by atoms with Crippen LogP contribution in [0.15, 0.2) is 24.8 Å². The number of fused-ring (bicyclic) bond motifs is 1. The molecule has 0 bridgehead atoms. The highest BCUT2D eigenvalue weighted by molar-refractivity contribution is 5.37. The topological polar surface area (TPSA) is 56.2 Å². The first-order valence-electron chi connectivity index (χ1n) is 4.61. The Morgan fingerprint density at radius 1 is 1.43 bits per heavy atom. The maximum atomic E-state index is 5.96. The molecule has 4 nitrogen and oxygen atoms in total. The van der Waals surface area contributed by atoms with Gasteiger partial charge in [0.1, 0.15) is 0 Å². The van der Waals surface area contributed by atoms with E-state index >= 15 is 0 Å². The van der Waals surface area contributed by atoms with Crippen LogP contribution in [0.2, 0.25) is 0 Å². The fourth-order valence-corrected chi connectivity index (χ4v) is 1.49. The van der Waals surface area contributed by atoms with E-state index in [1.807, 2.05) is 30.6 Å². The van der Waals surface area contributed by atoms with Gasteiger partial charge in [0.05, 0.1) is 6.20 Å². The molecular formula is C10H14N4. The first-order valence-corrected chi connectivity index (χ1v) is 4.61. The van der Waals surface area contributed by atoms with Gasteiger partial charge in [0.2, 0.25) is 0 Å². The Morgan fingerprint density at radius 2 is 2.21 bits per heavy atom. The Bertz CT molecular complexity index is 439. The lowest BCUT2D eigenvalue weighted by Crippen LogP contribution is -2.34. The molecule has 0 aliphatic rings. The van der Waals surface area contributed by atoms with Crippen LogP contribution < -0.4 is 5.73 Å². The average Bonchev–Trinajstić information content (AvgIpc) is 2.47. The molecule has 14 heavy (non-hydrogen) atoms. The summed E-state index contributed by atoms with van der Waals surface area (Å²) in [5.74, 6) is 0. The van der Waals surface area contributed by atoms with Crippen LogP contribution in [-0.4, -0.2) is 19.9 Å². The van der Waals surface area contributed by atoms with Crippen molar-refractivity contribution in [3.05, 3.63) is 30.5 Å². The molecule has 0 radical (unpaired) electrons. The maximum Gasteiger partial charge on any atom is 0.155 e. The lowest BCUT2D eigenvalue weighted by atomic mass is 10.0. The number of rotatable bonds is 2. The summed E-state index contributed by atoms with van der Waals surface area (Å²) in [4.78, 5) is 8.26. The molecule has 0 saturated heterocycles. The van der Waals surface area contributed by atoms with Crippen molar-refractivity contribution in [2.24, 2.45) is 5.73 Å². The number of hydrogen-bond acceptors (Lipinski definition) is 3. The molecule has 74 valence electrons. The van der Waals surface area contributed by atoms with Crippen LogP contribution in [-0.2, 0) is 6.42 Å². The van der Waals surface area contributed by atoms with E-state index in [2.05, 4.69) is 9.97 Å². The molecule has 0 spiro atoms. The largest absolute Gasteiger partial charge is 0.325 e. The van der Waals surface area contributed by atoms with Crippen LogP contribution in [0.4, 0.5) is 0 Å². The first-order chi connectivity index (χ1) is 6.56. The average molecular weight is 190 g/mol. The summed E-state index contributed by atoms with van der Waals surface area (Å²) in [5.41, 5.74) is 7.74. The molecule has 2 rings (SSSR count). The molecule has 2 aromatic rings. The van der Waals surface area contributed by atoms with Crippen LogP contribution in [0.5, 0.6) is 0 Å². The van der Waals surface area contributed by atoms with Gasteiger partial charge in [-0.15, -0.1) is 0 Å². The number of nitrogens with zero attached hydrogens (tertiary/aromatic N) is 3. The van der Waals surface area contributed by atoms with E-state index in [9.17, 15) is 0 Å². The first kappa shape index (κ1) is 9.15. The zero-order chi connectivity index (χ0) is 10.2. The van der Waals surface area contributed by atoms with Crippen molar-refractivity contribution < 1.29 is 0 Å². The molecule has 0 aromatic carbocycles. The summed E-state index contributed by atoms with van der Waals surface area (Å²) in [7, 11) is 0. The van der Waals surface area contributed by atoms with Gasteiger partial charge in [0.15, 0.2) is 5.65 Å². The van der Waals surface area contributed by atoms with E-state index in [0.717, 1.165) is 17.8 Å². The van der Waals surface area contributed by atoms with E-state index in [1.165, 1.54) is 0 Å². The van der Waals surface area contributed by atoms with E-state index in [-0.39, 0.29) is 5.54 Å². The number of nitrogens with two attached hydrogens (primary N) is 1. The normalized spacial score (nSPS) is 12.2. The molecule has 0 saturated carbocycles. The van der Waals surface area contributed by atoms with Gasteiger partial charge in [-0.25, -0.2) is 4.98 Å². The fraction of sp³-hybridized carbons (Fsp3) is 0.400. The van der Waals surface area contributed by atoms with Crippen LogP contribution in [0.25, 0.3) is 5.65 Å². The van der Waals surface area contributed by atoms with Gasteiger partial charge >= 0.3 is 0 Å². The Hall–Kier alpha value is -1.42. The van der Waals surface area contributed by atoms with Crippen molar-refractivity contribution in [1.29, 1.82) is 0 Å². The van der Waals surface area contributed by atoms with E-state index in [0.29, 0.717) is 0 Å². The highest BCUT2D eigenvalue weighted by Gasteiger charge is 2.14. The molecule has 0 atom stereocenters. The summed E-state index contributed by atoms with van der Waals surface area (Å²) in [6, 6.07) is 0. The molecular weight excluding hydrogens is 176 g/mol. The van der Waals surface area contributed by atoms with Crippen molar-refractivity contribution in [3.63, 3.8) is 0 Å². The Balaban J connectivity index is 2.44. The summed E-state index contributed by atoms with van der Waals surface area (Å²) in [6.45, 7) is 4.02. The molecule has 2 aromatic heterocycles. The van der Waals surface area contributed by atoms with Crippen LogP contribution >= 0.6 is 0 Å². The molecule has 2 heterocycles. The molecule has 0 unspecified atom stereocenters. The van der Waals surface area contributed by atoms with Gasteiger partial charge in [-0.2, -0.15) is 0 Å². The van der Waals surface area contributed by atoms with E-state index in [4.69, 9.17) is 5.73 Å². The smallest absolute Gasteiger partial charge is 0.155 e. The van der Waals surface area contributed by atoms with Crippen LogP contribution in [0, 0.1) is 0 Å². The van der Waals surface area contributed by atoms with Gasteiger partial charge < -0.3 is 10.1 Å². The molecule has 0 aliphatic heterocycles. The second-order valence-electron chi connectivity index (χ2n) is 4.22. The Morgan fingerprint density at radius 3 is 2.93 bits per heavy atom. The van der Waals surface area contributed by atoms with Crippen molar-refractivity contribution in [2.45, 2.75) is 25.8 Å². The second kappa shape index (κ2) is 3.06. The summed E-state index contributed by atoms with van der Waals surface area (Å²) >= 11 is 0. The SMILES string of the molecule is CC(C)(N)Cc1cnc2cnccn12. The summed E-state index contributed by atoms with van der Waals surface area (Å²) in [5, 5.41) is 0. The lowest BCUT2D eigenvalue weighted by Gasteiger charge is -2.17. The van der Waals surface area contributed by atoms with Gasteiger partial charge in [-0.3, -0.25) is 4.98 Å². The Kier molecular flexibility index (Phi) is 2.00. The number of aromatic nitrogens is 3. The quantitative estimate of drug-likeness (QED) is 0.768. The third-order valence-electron chi connectivity index (χ3n) is 2.03. The van der Waals surface area contributed by atoms with E-state index < -0.39 is 0 Å². The highest BCUT2D eigenvalue weighted by Crippen LogP contribution is 2.11. The van der Waals surface area contributed by atoms with Crippen LogP contribution in [0.1, 0.15) is 19.5 Å². The summed E-state index contributed by atoms with van der Waals surface area (Å²) in [6.07, 6.45) is 8.06. The molecule has 0 amide bonds. The minimum atomic E-state index is -0.209. The van der Waals surface area contributed by atoms with Gasteiger partial charge in [-0.05, 0) is 13.8 Å². The zero-order valence-corrected chi connectivity index (χ0v) is 8.44. The zero-order valence-electron chi connectivity index (χ0n) is 8.44. The minimum absolute atomic E-state index is 0.209. The Labute approximate surface area is 82.8 Å². The van der Waals surface area contributed by atoms with E-state index in [1.54, 1.807) is 12.4 Å². The van der Waals surface area contributed by atoms with Gasteiger partial charge in [-0.1, -0.05) is 0 Å². The monoisotopic (exact) mass is 190 g/mol. The third-order valence-corrected chi connectivity index (χ3v) is 2.03.